The Morgan fingerprint density at radius 2 is 2.11 bits per heavy atom. The van der Waals surface area contributed by atoms with Gasteiger partial charge in [0.2, 0.25) is 0 Å². The highest BCUT2D eigenvalue weighted by Gasteiger charge is 2.43. The molecule has 1 aliphatic rings. The fourth-order valence-electron chi connectivity index (χ4n) is 3.81. The number of ether oxygens (including phenoxy) is 2. The lowest BCUT2D eigenvalue weighted by atomic mass is 9.77. The maximum atomic E-state index is 12.8. The van der Waals surface area contributed by atoms with E-state index in [1.807, 2.05) is 61.4 Å². The molecule has 6 nitrogen and oxygen atoms in total. The molecular formula is C21H29N3O3. The molecule has 2 aromatic rings. The number of esters is 1. The maximum absolute atomic E-state index is 12.8. The standard InChI is InChI=1S/C21H29N3O3/c1-3-26-20(25)21(11-13-27-19-8-5-4-6-9-19)10-7-12-24(17-21)16-18-14-22-23(2)15-18/h4-6,8-9,14-15H,3,7,10-13,16-17H2,1-2H3. The third-order valence-corrected chi connectivity index (χ3v) is 5.12. The summed E-state index contributed by atoms with van der Waals surface area (Å²) >= 11 is 0. The number of aromatic nitrogens is 2. The Kier molecular flexibility index (Phi) is 6.50. The third kappa shape index (κ3) is 5.10. The summed E-state index contributed by atoms with van der Waals surface area (Å²) in [5, 5.41) is 4.24. The van der Waals surface area contributed by atoms with Crippen LogP contribution in [0.1, 0.15) is 31.7 Å². The molecule has 146 valence electrons. The minimum Gasteiger partial charge on any atom is -0.494 e. The molecule has 0 N–H and O–H groups in total. The molecule has 1 saturated heterocycles. The van der Waals surface area contributed by atoms with E-state index in [4.69, 9.17) is 9.47 Å². The highest BCUT2D eigenvalue weighted by Crippen LogP contribution is 2.36. The lowest BCUT2D eigenvalue weighted by Gasteiger charge is -2.40. The molecule has 1 aromatic heterocycles. The van der Waals surface area contributed by atoms with E-state index in [-0.39, 0.29) is 5.97 Å². The van der Waals surface area contributed by atoms with Crippen molar-refractivity contribution in [2.45, 2.75) is 32.7 Å². The van der Waals surface area contributed by atoms with Crippen LogP contribution in [0.2, 0.25) is 0 Å². The molecule has 0 bridgehead atoms. The Balaban J connectivity index is 1.66. The van der Waals surface area contributed by atoms with Crippen LogP contribution in [0.25, 0.3) is 0 Å². The van der Waals surface area contributed by atoms with Gasteiger partial charge in [-0.1, -0.05) is 18.2 Å². The molecule has 27 heavy (non-hydrogen) atoms. The fraction of sp³-hybridized carbons (Fsp3) is 0.524. The van der Waals surface area contributed by atoms with Crippen LogP contribution >= 0.6 is 0 Å². The van der Waals surface area contributed by atoms with Crippen molar-refractivity contribution < 1.29 is 14.3 Å². The zero-order valence-electron chi connectivity index (χ0n) is 16.3. The van der Waals surface area contributed by atoms with Crippen molar-refractivity contribution in [3.05, 3.63) is 48.3 Å². The zero-order valence-corrected chi connectivity index (χ0v) is 16.3. The first-order chi connectivity index (χ1) is 13.1. The topological polar surface area (TPSA) is 56.6 Å². The summed E-state index contributed by atoms with van der Waals surface area (Å²) in [6, 6.07) is 9.74. The molecule has 1 aliphatic heterocycles. The number of likely N-dealkylation sites (tertiary alicyclic amines) is 1. The van der Waals surface area contributed by atoms with Gasteiger partial charge in [0, 0.05) is 31.9 Å². The first kappa shape index (κ1) is 19.4. The van der Waals surface area contributed by atoms with Crippen LogP contribution in [0.15, 0.2) is 42.7 Å². The predicted octanol–water partition coefficient (Wildman–Crippen LogP) is 3.03. The molecule has 0 aliphatic carbocycles. The molecule has 0 radical (unpaired) electrons. The number of nitrogens with zero attached hydrogens (tertiary/aromatic N) is 3. The molecule has 1 unspecified atom stereocenters. The molecule has 1 fully saturated rings. The van der Waals surface area contributed by atoms with Crippen LogP contribution in [-0.4, -0.2) is 47.0 Å². The summed E-state index contributed by atoms with van der Waals surface area (Å²) < 4.78 is 13.1. The second-order valence-corrected chi connectivity index (χ2v) is 7.25. The summed E-state index contributed by atoms with van der Waals surface area (Å²) in [4.78, 5) is 15.2. The Hall–Kier alpha value is -2.34. The van der Waals surface area contributed by atoms with Crippen molar-refractivity contribution in [2.75, 3.05) is 26.3 Å². The van der Waals surface area contributed by atoms with E-state index < -0.39 is 5.41 Å². The van der Waals surface area contributed by atoms with Gasteiger partial charge in [-0.3, -0.25) is 14.4 Å². The SMILES string of the molecule is CCOC(=O)C1(CCOc2ccccc2)CCCN(Cc2cnn(C)c2)C1. The summed E-state index contributed by atoms with van der Waals surface area (Å²) in [5.74, 6) is 0.733. The minimum atomic E-state index is -0.509. The van der Waals surface area contributed by atoms with Gasteiger partial charge in [-0.15, -0.1) is 0 Å². The number of piperidine rings is 1. The fourth-order valence-corrected chi connectivity index (χ4v) is 3.81. The van der Waals surface area contributed by atoms with Crippen LogP contribution in [0, 0.1) is 5.41 Å². The molecule has 0 amide bonds. The Bertz CT molecular complexity index is 731. The second kappa shape index (κ2) is 9.04. The van der Waals surface area contributed by atoms with E-state index in [1.54, 1.807) is 0 Å². The minimum absolute atomic E-state index is 0.0995. The summed E-state index contributed by atoms with van der Waals surface area (Å²) in [6.07, 6.45) is 6.39. The molecule has 3 rings (SSSR count). The number of para-hydroxylation sites is 1. The molecule has 6 heteroatoms. The molecule has 2 heterocycles. The van der Waals surface area contributed by atoms with Gasteiger partial charge in [0.25, 0.3) is 0 Å². The van der Waals surface area contributed by atoms with E-state index in [1.165, 1.54) is 0 Å². The summed E-state index contributed by atoms with van der Waals surface area (Å²) in [7, 11) is 1.92. The first-order valence-corrected chi connectivity index (χ1v) is 9.66. The maximum Gasteiger partial charge on any atom is 0.313 e. The largest absolute Gasteiger partial charge is 0.494 e. The summed E-state index contributed by atoms with van der Waals surface area (Å²) in [6.45, 7) is 5.25. The second-order valence-electron chi connectivity index (χ2n) is 7.25. The van der Waals surface area contributed by atoms with Gasteiger partial charge in [-0.05, 0) is 44.9 Å². The Morgan fingerprint density at radius 1 is 1.30 bits per heavy atom. The van der Waals surface area contributed by atoms with Crippen molar-refractivity contribution in [1.82, 2.24) is 14.7 Å². The monoisotopic (exact) mass is 371 g/mol. The predicted molar refractivity (Wildman–Crippen MR) is 103 cm³/mol. The van der Waals surface area contributed by atoms with Crippen molar-refractivity contribution >= 4 is 5.97 Å². The van der Waals surface area contributed by atoms with Gasteiger partial charge in [-0.2, -0.15) is 5.10 Å². The molecular weight excluding hydrogens is 342 g/mol. The molecule has 1 atom stereocenters. The Morgan fingerprint density at radius 3 is 2.81 bits per heavy atom. The molecule has 0 spiro atoms. The van der Waals surface area contributed by atoms with E-state index in [0.29, 0.717) is 26.2 Å². The normalized spacial score (nSPS) is 20.4. The zero-order chi connectivity index (χ0) is 19.1. The molecule has 1 aromatic carbocycles. The van der Waals surface area contributed by atoms with E-state index >= 15 is 0 Å². The van der Waals surface area contributed by atoms with Crippen molar-refractivity contribution in [1.29, 1.82) is 0 Å². The lowest BCUT2D eigenvalue weighted by molar-refractivity contribution is -0.160. The average molecular weight is 371 g/mol. The van der Waals surface area contributed by atoms with Crippen LogP contribution in [0.5, 0.6) is 5.75 Å². The van der Waals surface area contributed by atoms with Gasteiger partial charge < -0.3 is 9.47 Å². The van der Waals surface area contributed by atoms with E-state index in [0.717, 1.165) is 37.2 Å². The third-order valence-electron chi connectivity index (χ3n) is 5.12. The van der Waals surface area contributed by atoms with Crippen LogP contribution in [-0.2, 0) is 23.1 Å². The number of hydrogen-bond acceptors (Lipinski definition) is 5. The van der Waals surface area contributed by atoms with Gasteiger partial charge in [-0.25, -0.2) is 0 Å². The lowest BCUT2D eigenvalue weighted by Crippen LogP contribution is -2.49. The van der Waals surface area contributed by atoms with Gasteiger partial charge in [0.05, 0.1) is 24.8 Å². The van der Waals surface area contributed by atoms with Crippen LogP contribution in [0.3, 0.4) is 0 Å². The van der Waals surface area contributed by atoms with Crippen LogP contribution < -0.4 is 4.74 Å². The number of benzene rings is 1. The smallest absolute Gasteiger partial charge is 0.313 e. The van der Waals surface area contributed by atoms with Gasteiger partial charge in [0.1, 0.15) is 5.75 Å². The number of rotatable bonds is 8. The number of aryl methyl sites for hydroxylation is 1. The number of carbonyl (C=O) groups is 1. The van der Waals surface area contributed by atoms with E-state index in [2.05, 4.69) is 10.00 Å². The van der Waals surface area contributed by atoms with Gasteiger partial charge in [0.15, 0.2) is 0 Å². The quantitative estimate of drug-likeness (QED) is 0.668. The summed E-state index contributed by atoms with van der Waals surface area (Å²) in [5.41, 5.74) is 0.656. The number of hydrogen-bond donors (Lipinski definition) is 0. The van der Waals surface area contributed by atoms with Crippen molar-refractivity contribution in [2.24, 2.45) is 12.5 Å². The molecule has 0 saturated carbocycles. The van der Waals surface area contributed by atoms with Crippen molar-refractivity contribution in [3.63, 3.8) is 0 Å². The number of carbonyl (C=O) groups excluding carboxylic acids is 1. The Labute approximate surface area is 161 Å². The van der Waals surface area contributed by atoms with Crippen LogP contribution in [0.4, 0.5) is 0 Å². The van der Waals surface area contributed by atoms with E-state index in [9.17, 15) is 4.79 Å². The van der Waals surface area contributed by atoms with Crippen molar-refractivity contribution in [3.8, 4) is 5.75 Å². The first-order valence-electron chi connectivity index (χ1n) is 9.66. The van der Waals surface area contributed by atoms with Gasteiger partial charge >= 0.3 is 5.97 Å². The highest BCUT2D eigenvalue weighted by molar-refractivity contribution is 5.77. The highest BCUT2D eigenvalue weighted by atomic mass is 16.5. The average Bonchev–Trinajstić information content (AvgIpc) is 3.08.